The van der Waals surface area contributed by atoms with E-state index in [1.165, 1.54) is 5.56 Å². The third kappa shape index (κ3) is 2.92. The summed E-state index contributed by atoms with van der Waals surface area (Å²) in [5.41, 5.74) is 5.25. The standard InChI is InChI=1S/C19H21N5S/c1-11(2)22-12(3)13-6-5-7-14(8-13)18-23-16-17-15(21-10-24(17)4)9-20-19(16)25-18/h5-12,22H,1-4H3/t12-/m0/s1. The minimum absolute atomic E-state index is 0.302. The van der Waals surface area contributed by atoms with Crippen molar-refractivity contribution in [2.75, 3.05) is 0 Å². The molecule has 0 amide bonds. The highest BCUT2D eigenvalue weighted by molar-refractivity contribution is 7.21. The number of rotatable bonds is 4. The molecule has 0 saturated carbocycles. The van der Waals surface area contributed by atoms with Crippen LogP contribution in [0.1, 0.15) is 32.4 Å². The van der Waals surface area contributed by atoms with E-state index in [0.29, 0.717) is 12.1 Å². The molecule has 4 aromatic rings. The number of hydrogen-bond acceptors (Lipinski definition) is 5. The lowest BCUT2D eigenvalue weighted by molar-refractivity contribution is 0.506. The van der Waals surface area contributed by atoms with E-state index in [-0.39, 0.29) is 0 Å². The third-order valence-corrected chi connectivity index (χ3v) is 5.33. The van der Waals surface area contributed by atoms with Gasteiger partial charge < -0.3 is 9.88 Å². The molecule has 1 N–H and O–H groups in total. The molecule has 0 bridgehead atoms. The van der Waals surface area contributed by atoms with Crippen molar-refractivity contribution >= 4 is 32.7 Å². The lowest BCUT2D eigenvalue weighted by Crippen LogP contribution is -2.25. The Morgan fingerprint density at radius 2 is 2.00 bits per heavy atom. The fourth-order valence-electron chi connectivity index (χ4n) is 3.17. The monoisotopic (exact) mass is 351 g/mol. The molecular weight excluding hydrogens is 330 g/mol. The van der Waals surface area contributed by atoms with Crippen LogP contribution in [0.2, 0.25) is 0 Å². The number of aromatic nitrogens is 4. The van der Waals surface area contributed by atoms with Crippen LogP contribution in [-0.2, 0) is 7.05 Å². The van der Waals surface area contributed by atoms with Crippen LogP contribution in [0.25, 0.3) is 32.0 Å². The number of pyridine rings is 1. The van der Waals surface area contributed by atoms with Gasteiger partial charge in [-0.2, -0.15) is 0 Å². The Bertz CT molecular complexity index is 1050. The molecule has 1 aromatic carbocycles. The molecule has 25 heavy (non-hydrogen) atoms. The van der Waals surface area contributed by atoms with Gasteiger partial charge in [0.1, 0.15) is 20.9 Å². The SMILES string of the molecule is CC(C)N[C@@H](C)c1cccc(-c2nc3c(ncc4ncn(C)c43)s2)c1. The van der Waals surface area contributed by atoms with Gasteiger partial charge in [-0.25, -0.2) is 15.0 Å². The van der Waals surface area contributed by atoms with Gasteiger partial charge in [0.25, 0.3) is 0 Å². The lowest BCUT2D eigenvalue weighted by Gasteiger charge is -2.17. The molecule has 128 valence electrons. The van der Waals surface area contributed by atoms with Crippen LogP contribution < -0.4 is 5.32 Å². The van der Waals surface area contributed by atoms with Gasteiger partial charge in [0, 0.05) is 24.7 Å². The highest BCUT2D eigenvalue weighted by atomic mass is 32.1. The number of hydrogen-bond donors (Lipinski definition) is 1. The maximum absolute atomic E-state index is 4.88. The van der Waals surface area contributed by atoms with Crippen LogP contribution in [-0.4, -0.2) is 25.6 Å². The van der Waals surface area contributed by atoms with E-state index in [0.717, 1.165) is 32.0 Å². The van der Waals surface area contributed by atoms with Crippen molar-refractivity contribution in [1.82, 2.24) is 24.8 Å². The first-order chi connectivity index (χ1) is 12.0. The van der Waals surface area contributed by atoms with Crippen LogP contribution in [0.4, 0.5) is 0 Å². The number of benzene rings is 1. The van der Waals surface area contributed by atoms with Gasteiger partial charge in [-0.3, -0.25) is 0 Å². The average molecular weight is 351 g/mol. The second-order valence-corrected chi connectivity index (χ2v) is 7.67. The van der Waals surface area contributed by atoms with Crippen LogP contribution in [0, 0.1) is 0 Å². The molecule has 0 spiro atoms. The van der Waals surface area contributed by atoms with Gasteiger partial charge in [-0.1, -0.05) is 43.4 Å². The van der Waals surface area contributed by atoms with Crippen molar-refractivity contribution in [2.45, 2.75) is 32.9 Å². The zero-order chi connectivity index (χ0) is 17.6. The summed E-state index contributed by atoms with van der Waals surface area (Å²) >= 11 is 1.63. The summed E-state index contributed by atoms with van der Waals surface area (Å²) in [6.07, 6.45) is 3.63. The number of fused-ring (bicyclic) bond motifs is 3. The van der Waals surface area contributed by atoms with E-state index in [1.807, 2.05) is 24.1 Å². The molecule has 0 unspecified atom stereocenters. The van der Waals surface area contributed by atoms with Gasteiger partial charge in [0.2, 0.25) is 0 Å². The van der Waals surface area contributed by atoms with Crippen LogP contribution >= 0.6 is 11.3 Å². The fourth-order valence-corrected chi connectivity index (χ4v) is 4.07. The molecule has 0 fully saturated rings. The van der Waals surface area contributed by atoms with Crippen LogP contribution in [0.5, 0.6) is 0 Å². The Hall–Kier alpha value is -2.31. The summed E-state index contributed by atoms with van der Waals surface area (Å²) in [4.78, 5) is 14.7. The molecule has 4 rings (SSSR count). The average Bonchev–Trinajstić information content (AvgIpc) is 3.18. The Kier molecular flexibility index (Phi) is 4.01. The van der Waals surface area contributed by atoms with Gasteiger partial charge >= 0.3 is 0 Å². The molecule has 0 aliphatic heterocycles. The highest BCUT2D eigenvalue weighted by Gasteiger charge is 2.14. The molecule has 3 heterocycles. The zero-order valence-electron chi connectivity index (χ0n) is 14.8. The van der Waals surface area contributed by atoms with Crippen molar-refractivity contribution in [3.63, 3.8) is 0 Å². The number of aryl methyl sites for hydroxylation is 1. The topological polar surface area (TPSA) is 55.6 Å². The summed E-state index contributed by atoms with van der Waals surface area (Å²) in [7, 11) is 1.99. The van der Waals surface area contributed by atoms with E-state index < -0.39 is 0 Å². The van der Waals surface area contributed by atoms with E-state index >= 15 is 0 Å². The zero-order valence-corrected chi connectivity index (χ0v) is 15.6. The van der Waals surface area contributed by atoms with E-state index in [2.05, 4.69) is 60.3 Å². The molecule has 1 atom stereocenters. The summed E-state index contributed by atoms with van der Waals surface area (Å²) in [5, 5.41) is 4.55. The Morgan fingerprint density at radius 1 is 1.16 bits per heavy atom. The Balaban J connectivity index is 1.79. The summed E-state index contributed by atoms with van der Waals surface area (Å²) in [6.45, 7) is 6.52. The van der Waals surface area contributed by atoms with E-state index in [4.69, 9.17) is 4.98 Å². The predicted octanol–water partition coefficient (Wildman–Crippen LogP) is 4.30. The largest absolute Gasteiger partial charge is 0.332 e. The lowest BCUT2D eigenvalue weighted by atomic mass is 10.0. The molecule has 5 nitrogen and oxygen atoms in total. The summed E-state index contributed by atoms with van der Waals surface area (Å²) < 4.78 is 2.01. The fraction of sp³-hybridized carbons (Fsp3) is 0.316. The van der Waals surface area contributed by atoms with Crippen molar-refractivity contribution in [3.05, 3.63) is 42.4 Å². The Labute approximate surface area is 150 Å². The quantitative estimate of drug-likeness (QED) is 0.595. The minimum atomic E-state index is 0.302. The van der Waals surface area contributed by atoms with Crippen molar-refractivity contribution in [1.29, 1.82) is 0 Å². The number of thiazole rings is 1. The minimum Gasteiger partial charge on any atom is -0.332 e. The normalized spacial score (nSPS) is 13.2. The number of imidazole rings is 1. The van der Waals surface area contributed by atoms with E-state index in [1.54, 1.807) is 11.3 Å². The number of nitrogens with one attached hydrogen (secondary N) is 1. The van der Waals surface area contributed by atoms with E-state index in [9.17, 15) is 0 Å². The second kappa shape index (κ2) is 6.20. The third-order valence-electron chi connectivity index (χ3n) is 4.32. The van der Waals surface area contributed by atoms with Crippen molar-refractivity contribution in [3.8, 4) is 10.6 Å². The Morgan fingerprint density at radius 3 is 2.80 bits per heavy atom. The molecule has 0 radical (unpaired) electrons. The van der Waals surface area contributed by atoms with Gasteiger partial charge in [-0.05, 0) is 18.6 Å². The van der Waals surface area contributed by atoms with Gasteiger partial charge in [-0.15, -0.1) is 0 Å². The maximum Gasteiger partial charge on any atom is 0.146 e. The summed E-state index contributed by atoms with van der Waals surface area (Å²) in [6, 6.07) is 9.35. The van der Waals surface area contributed by atoms with Crippen LogP contribution in [0.3, 0.4) is 0 Å². The molecule has 0 saturated heterocycles. The van der Waals surface area contributed by atoms with Crippen LogP contribution in [0.15, 0.2) is 36.8 Å². The maximum atomic E-state index is 4.88. The molecule has 6 heteroatoms. The summed E-state index contributed by atoms with van der Waals surface area (Å²) in [5.74, 6) is 0. The highest BCUT2D eigenvalue weighted by Crippen LogP contribution is 2.33. The second-order valence-electron chi connectivity index (χ2n) is 6.69. The first-order valence-electron chi connectivity index (χ1n) is 8.46. The molecule has 0 aliphatic carbocycles. The smallest absolute Gasteiger partial charge is 0.146 e. The van der Waals surface area contributed by atoms with Crippen molar-refractivity contribution in [2.24, 2.45) is 7.05 Å². The molecular formula is C19H21N5S. The predicted molar refractivity (Wildman–Crippen MR) is 104 cm³/mol. The van der Waals surface area contributed by atoms with Crippen molar-refractivity contribution < 1.29 is 0 Å². The number of nitrogens with zero attached hydrogens (tertiary/aromatic N) is 4. The molecule has 0 aliphatic rings. The van der Waals surface area contributed by atoms with Gasteiger partial charge in [0.05, 0.1) is 18.0 Å². The van der Waals surface area contributed by atoms with Gasteiger partial charge in [0.15, 0.2) is 0 Å². The first kappa shape index (κ1) is 16.2. The molecule has 3 aromatic heterocycles. The first-order valence-corrected chi connectivity index (χ1v) is 9.27.